The number of aliphatic hydroxyl groups excluding tert-OH is 1. The Bertz CT molecular complexity index is 161. The quantitative estimate of drug-likeness (QED) is 0.429. The van der Waals surface area contributed by atoms with Crippen LogP contribution in [0.2, 0.25) is 0 Å². The Morgan fingerprint density at radius 1 is 1.12 bits per heavy atom. The summed E-state index contributed by atoms with van der Waals surface area (Å²) in [5.74, 6) is -0.674. The van der Waals surface area contributed by atoms with Gasteiger partial charge in [0.25, 0.3) is 0 Å². The lowest BCUT2D eigenvalue weighted by Gasteiger charge is -1.98. The lowest BCUT2D eigenvalue weighted by Crippen LogP contribution is -1.93. The van der Waals surface area contributed by atoms with E-state index in [2.05, 4.69) is 6.58 Å². The first kappa shape index (κ1) is 21.4. The zero-order valence-electron chi connectivity index (χ0n) is 11.2. The summed E-state index contributed by atoms with van der Waals surface area (Å²) in [5, 5.41) is 15.9. The Morgan fingerprint density at radius 2 is 1.53 bits per heavy atom. The largest absolute Gasteiger partial charge is 0.481 e. The summed E-state index contributed by atoms with van der Waals surface area (Å²) in [7, 11) is 0. The highest BCUT2D eigenvalue weighted by Gasteiger charge is 1.95. The molecule has 0 aliphatic heterocycles. The molecule has 0 heterocycles. The fourth-order valence-corrected chi connectivity index (χ4v) is 1.27. The molecule has 0 spiro atoms. The predicted molar refractivity (Wildman–Crippen MR) is 72.6 cm³/mol. The van der Waals surface area contributed by atoms with Crippen molar-refractivity contribution in [2.45, 2.75) is 58.3 Å². The number of unbranched alkanes of at least 4 members (excludes halogenated alkanes) is 6. The summed E-state index contributed by atoms with van der Waals surface area (Å²) in [6.45, 7) is 5.59. The van der Waals surface area contributed by atoms with Gasteiger partial charge >= 0.3 is 5.97 Å². The van der Waals surface area contributed by atoms with Gasteiger partial charge in [-0.3, -0.25) is 4.79 Å². The van der Waals surface area contributed by atoms with Crippen molar-refractivity contribution in [3.63, 3.8) is 0 Å². The fraction of sp³-hybridized carbons (Fsp3) is 0.769. The van der Waals surface area contributed by atoms with Crippen LogP contribution in [0.25, 0.3) is 0 Å². The van der Waals surface area contributed by atoms with Crippen molar-refractivity contribution in [2.24, 2.45) is 0 Å². The number of aliphatic carboxylic acids is 1. The minimum atomic E-state index is -0.674. The minimum absolute atomic E-state index is 0. The smallest absolute Gasteiger partial charge is 0.303 e. The number of rotatable bonds is 9. The van der Waals surface area contributed by atoms with Gasteiger partial charge in [-0.05, 0) is 26.2 Å². The van der Waals surface area contributed by atoms with E-state index in [0.717, 1.165) is 19.3 Å². The summed E-state index contributed by atoms with van der Waals surface area (Å²) in [6.07, 6.45) is 10.1. The van der Waals surface area contributed by atoms with Crippen LogP contribution in [-0.2, 0) is 4.79 Å². The average Bonchev–Trinajstić information content (AvgIpc) is 2.23. The van der Waals surface area contributed by atoms with Crippen molar-refractivity contribution in [3.05, 3.63) is 12.7 Å². The first-order valence-electron chi connectivity index (χ1n) is 6.12. The number of carboxylic acids is 1. The molecule has 0 saturated heterocycles. The van der Waals surface area contributed by atoms with Crippen LogP contribution in [0.4, 0.5) is 0 Å². The van der Waals surface area contributed by atoms with Crippen LogP contribution in [0, 0.1) is 0 Å². The van der Waals surface area contributed by atoms with Crippen LogP contribution < -0.4 is 6.15 Å². The van der Waals surface area contributed by atoms with Gasteiger partial charge < -0.3 is 16.4 Å². The van der Waals surface area contributed by atoms with Gasteiger partial charge in [0.15, 0.2) is 0 Å². The summed E-state index contributed by atoms with van der Waals surface area (Å²) in [4.78, 5) is 10.2. The molecule has 0 rings (SSSR count). The molecule has 0 aliphatic rings. The first-order valence-corrected chi connectivity index (χ1v) is 6.12. The van der Waals surface area contributed by atoms with Crippen molar-refractivity contribution < 1.29 is 15.0 Å². The van der Waals surface area contributed by atoms with E-state index >= 15 is 0 Å². The zero-order chi connectivity index (χ0) is 12.6. The van der Waals surface area contributed by atoms with E-state index in [1.54, 1.807) is 6.92 Å². The zero-order valence-corrected chi connectivity index (χ0v) is 11.2. The van der Waals surface area contributed by atoms with E-state index in [0.29, 0.717) is 6.42 Å². The highest BCUT2D eigenvalue weighted by molar-refractivity contribution is 5.66. The number of carboxylic acid groups (broad SMARTS) is 1. The molecule has 17 heavy (non-hydrogen) atoms. The first-order chi connectivity index (χ1) is 7.68. The Kier molecular flexibility index (Phi) is 25.9. The van der Waals surface area contributed by atoms with E-state index < -0.39 is 5.97 Å². The topological polar surface area (TPSA) is 92.5 Å². The third-order valence-corrected chi connectivity index (χ3v) is 2.05. The Hall–Kier alpha value is -0.870. The molecule has 0 atom stereocenters. The molecule has 0 fully saturated rings. The monoisotopic (exact) mass is 247 g/mol. The molecule has 0 unspecified atom stereocenters. The van der Waals surface area contributed by atoms with Crippen LogP contribution in [-0.4, -0.2) is 22.8 Å². The molecule has 0 aromatic heterocycles. The van der Waals surface area contributed by atoms with Gasteiger partial charge in [-0.25, -0.2) is 0 Å². The Labute approximate surface area is 105 Å². The van der Waals surface area contributed by atoms with Gasteiger partial charge in [0.2, 0.25) is 0 Å². The molecule has 0 bridgehead atoms. The summed E-state index contributed by atoms with van der Waals surface area (Å²) in [5.41, 5.74) is 0. The van der Waals surface area contributed by atoms with Crippen LogP contribution >= 0.6 is 0 Å². The molecule has 0 radical (unpaired) electrons. The molecule has 0 saturated carbocycles. The van der Waals surface area contributed by atoms with Crippen molar-refractivity contribution in [1.82, 2.24) is 6.15 Å². The maximum Gasteiger partial charge on any atom is 0.303 e. The molecule has 0 aliphatic carbocycles. The molecule has 5 N–H and O–H groups in total. The average molecular weight is 247 g/mol. The molecule has 4 heteroatoms. The maximum absolute atomic E-state index is 10.2. The number of aliphatic hydroxyl groups is 1. The van der Waals surface area contributed by atoms with Gasteiger partial charge in [-0.2, -0.15) is 0 Å². The fourth-order valence-electron chi connectivity index (χ4n) is 1.27. The van der Waals surface area contributed by atoms with Crippen LogP contribution in [0.3, 0.4) is 0 Å². The molecule has 0 aromatic carbocycles. The summed E-state index contributed by atoms with van der Waals surface area (Å²) >= 11 is 0. The third kappa shape index (κ3) is 31.3. The molecule has 4 nitrogen and oxygen atoms in total. The van der Waals surface area contributed by atoms with E-state index in [-0.39, 0.29) is 12.8 Å². The summed E-state index contributed by atoms with van der Waals surface area (Å²) < 4.78 is 0. The minimum Gasteiger partial charge on any atom is -0.481 e. The molecule has 104 valence electrons. The second kappa shape index (κ2) is 20.5. The van der Waals surface area contributed by atoms with Gasteiger partial charge in [-0.1, -0.05) is 31.8 Å². The Balaban J connectivity index is -0.000000440. The van der Waals surface area contributed by atoms with Crippen molar-refractivity contribution in [2.75, 3.05) is 6.61 Å². The molecule has 0 amide bonds. The highest BCUT2D eigenvalue weighted by Crippen LogP contribution is 2.08. The normalized spacial score (nSPS) is 8.59. The van der Waals surface area contributed by atoms with Gasteiger partial charge in [0, 0.05) is 13.0 Å². The number of hydrogen-bond acceptors (Lipinski definition) is 3. The van der Waals surface area contributed by atoms with Crippen LogP contribution in [0.1, 0.15) is 58.3 Å². The number of carbonyl (C=O) groups is 1. The van der Waals surface area contributed by atoms with Gasteiger partial charge in [0.1, 0.15) is 0 Å². The van der Waals surface area contributed by atoms with E-state index in [4.69, 9.17) is 10.2 Å². The van der Waals surface area contributed by atoms with Gasteiger partial charge in [0.05, 0.1) is 0 Å². The molecule has 0 aromatic rings. The third-order valence-electron chi connectivity index (χ3n) is 2.05. The van der Waals surface area contributed by atoms with Gasteiger partial charge in [-0.15, -0.1) is 6.58 Å². The van der Waals surface area contributed by atoms with Crippen LogP contribution in [0.5, 0.6) is 0 Å². The number of hydrogen-bond donors (Lipinski definition) is 3. The Morgan fingerprint density at radius 3 is 1.94 bits per heavy atom. The number of allylic oxidation sites excluding steroid dienone is 1. The van der Waals surface area contributed by atoms with Crippen molar-refractivity contribution in [3.8, 4) is 0 Å². The maximum atomic E-state index is 10.2. The van der Waals surface area contributed by atoms with Crippen LogP contribution in [0.15, 0.2) is 12.7 Å². The van der Waals surface area contributed by atoms with E-state index in [1.807, 2.05) is 6.08 Å². The standard InChI is InChI=1S/C11H20O2.C2H6O.H3N/c1-2-3-4-5-6-7-8-9-10-11(12)13;1-2-3;/h2H,1,3-10H2,(H,12,13);3H,2H2,1H3;1H3. The lowest BCUT2D eigenvalue weighted by molar-refractivity contribution is -0.137. The van der Waals surface area contributed by atoms with E-state index in [9.17, 15) is 4.79 Å². The van der Waals surface area contributed by atoms with Crippen molar-refractivity contribution in [1.29, 1.82) is 0 Å². The second-order valence-corrected chi connectivity index (χ2v) is 3.66. The second-order valence-electron chi connectivity index (χ2n) is 3.66. The lowest BCUT2D eigenvalue weighted by atomic mass is 10.1. The molecular formula is C13H29NO3. The SMILES string of the molecule is C=CCCCCCCCCC(=O)O.CCO.N. The predicted octanol–water partition coefficient (Wildman–Crippen LogP) is 3.54. The van der Waals surface area contributed by atoms with Crippen molar-refractivity contribution >= 4 is 5.97 Å². The summed E-state index contributed by atoms with van der Waals surface area (Å²) in [6, 6.07) is 0. The van der Waals surface area contributed by atoms with E-state index in [1.165, 1.54) is 25.7 Å². The molecular weight excluding hydrogens is 218 g/mol. The highest BCUT2D eigenvalue weighted by atomic mass is 16.4.